The van der Waals surface area contributed by atoms with Crippen molar-refractivity contribution in [2.45, 2.75) is 6.04 Å². The summed E-state index contributed by atoms with van der Waals surface area (Å²) in [6, 6.07) is 18.8. The van der Waals surface area contributed by atoms with Crippen molar-refractivity contribution in [3.05, 3.63) is 71.3 Å². The van der Waals surface area contributed by atoms with Crippen LogP contribution in [0.3, 0.4) is 0 Å². The Balaban J connectivity index is 1.74. The van der Waals surface area contributed by atoms with Crippen molar-refractivity contribution >= 4 is 5.91 Å². The van der Waals surface area contributed by atoms with Gasteiger partial charge in [-0.15, -0.1) is 0 Å². The van der Waals surface area contributed by atoms with Gasteiger partial charge in [0.2, 0.25) is 0 Å². The highest BCUT2D eigenvalue weighted by Gasteiger charge is 2.23. The molecule has 5 heteroatoms. The Morgan fingerprint density at radius 1 is 1.12 bits per heavy atom. The Bertz CT molecular complexity index is 732. The van der Waals surface area contributed by atoms with Crippen molar-refractivity contribution in [3.8, 4) is 6.07 Å². The number of ether oxygens (including phenoxy) is 1. The number of nitriles is 1. The standard InChI is InChI=1S/C20H21N3O2/c21-14-16-6-8-18(9-7-16)20(24)22-19(17-4-2-1-3-5-17)15-23-10-12-25-13-11-23/h1-9,19H,10-13,15H2,(H,22,24)/p+1/t19-/m0/s1. The molecular formula is C20H22N3O2+. The summed E-state index contributed by atoms with van der Waals surface area (Å²) in [5.41, 5.74) is 2.22. The van der Waals surface area contributed by atoms with E-state index in [1.54, 1.807) is 24.3 Å². The lowest BCUT2D eigenvalue weighted by molar-refractivity contribution is -0.909. The zero-order chi connectivity index (χ0) is 17.5. The number of carbonyl (C=O) groups excluding carboxylic acids is 1. The van der Waals surface area contributed by atoms with E-state index in [4.69, 9.17) is 10.00 Å². The number of nitrogens with zero attached hydrogens (tertiary/aromatic N) is 1. The van der Waals surface area contributed by atoms with E-state index >= 15 is 0 Å². The summed E-state index contributed by atoms with van der Waals surface area (Å²) in [6.07, 6.45) is 0. The van der Waals surface area contributed by atoms with E-state index < -0.39 is 0 Å². The molecule has 3 rings (SSSR count). The number of benzene rings is 2. The van der Waals surface area contributed by atoms with Crippen molar-refractivity contribution in [1.29, 1.82) is 5.26 Å². The highest BCUT2D eigenvalue weighted by molar-refractivity contribution is 5.94. The van der Waals surface area contributed by atoms with Crippen LogP contribution in [0.15, 0.2) is 54.6 Å². The molecular weight excluding hydrogens is 314 g/mol. The third kappa shape index (κ3) is 4.66. The molecule has 1 aliphatic heterocycles. The Kier molecular flexibility index (Phi) is 5.78. The average molecular weight is 336 g/mol. The maximum atomic E-state index is 12.6. The lowest BCUT2D eigenvalue weighted by atomic mass is 10.0. The minimum absolute atomic E-state index is 0.0579. The summed E-state index contributed by atoms with van der Waals surface area (Å²) >= 11 is 0. The van der Waals surface area contributed by atoms with Crippen LogP contribution in [0.5, 0.6) is 0 Å². The van der Waals surface area contributed by atoms with E-state index in [-0.39, 0.29) is 11.9 Å². The summed E-state index contributed by atoms with van der Waals surface area (Å²) in [4.78, 5) is 14.1. The van der Waals surface area contributed by atoms with Crippen molar-refractivity contribution in [1.82, 2.24) is 5.32 Å². The van der Waals surface area contributed by atoms with Crippen LogP contribution in [0.4, 0.5) is 0 Å². The summed E-state index contributed by atoms with van der Waals surface area (Å²) in [5, 5.41) is 12.0. The van der Waals surface area contributed by atoms with E-state index in [0.717, 1.165) is 38.4 Å². The molecule has 0 bridgehead atoms. The zero-order valence-electron chi connectivity index (χ0n) is 14.1. The van der Waals surface area contributed by atoms with Crippen molar-refractivity contribution in [2.75, 3.05) is 32.8 Å². The Labute approximate surface area is 147 Å². The van der Waals surface area contributed by atoms with Crippen LogP contribution < -0.4 is 10.2 Å². The largest absolute Gasteiger partial charge is 0.370 e. The Hall–Kier alpha value is -2.68. The second-order valence-electron chi connectivity index (χ2n) is 6.19. The number of quaternary nitrogens is 1. The van der Waals surface area contributed by atoms with E-state index in [2.05, 4.69) is 11.4 Å². The van der Waals surface area contributed by atoms with Crippen LogP contribution in [-0.4, -0.2) is 38.8 Å². The first kappa shape index (κ1) is 17.2. The highest BCUT2D eigenvalue weighted by Crippen LogP contribution is 2.13. The summed E-state index contributed by atoms with van der Waals surface area (Å²) in [6.45, 7) is 4.27. The van der Waals surface area contributed by atoms with Crippen molar-refractivity contribution in [3.63, 3.8) is 0 Å². The Morgan fingerprint density at radius 2 is 1.80 bits per heavy atom. The molecule has 0 radical (unpaired) electrons. The first-order valence-electron chi connectivity index (χ1n) is 8.53. The average Bonchev–Trinajstić information content (AvgIpc) is 2.69. The third-order valence-electron chi connectivity index (χ3n) is 4.48. The number of hydrogen-bond donors (Lipinski definition) is 2. The predicted molar refractivity (Wildman–Crippen MR) is 94.2 cm³/mol. The van der Waals surface area contributed by atoms with Crippen molar-refractivity contribution in [2.24, 2.45) is 0 Å². The van der Waals surface area contributed by atoms with Gasteiger partial charge in [0, 0.05) is 5.56 Å². The second kappa shape index (κ2) is 8.43. The third-order valence-corrected chi connectivity index (χ3v) is 4.48. The molecule has 0 saturated carbocycles. The van der Waals surface area contributed by atoms with E-state index in [1.807, 2.05) is 30.3 Å². The van der Waals surface area contributed by atoms with Gasteiger partial charge < -0.3 is 15.0 Å². The molecule has 0 aliphatic carbocycles. The molecule has 1 fully saturated rings. The van der Waals surface area contributed by atoms with Crippen LogP contribution >= 0.6 is 0 Å². The minimum Gasteiger partial charge on any atom is -0.370 e. The first-order chi connectivity index (χ1) is 12.3. The highest BCUT2D eigenvalue weighted by atomic mass is 16.5. The fraction of sp³-hybridized carbons (Fsp3) is 0.300. The van der Waals surface area contributed by atoms with Gasteiger partial charge in [-0.25, -0.2) is 0 Å². The quantitative estimate of drug-likeness (QED) is 0.854. The van der Waals surface area contributed by atoms with E-state index in [9.17, 15) is 4.79 Å². The van der Waals surface area contributed by atoms with Gasteiger partial charge in [-0.3, -0.25) is 4.79 Å². The summed E-state index contributed by atoms with van der Waals surface area (Å²) in [7, 11) is 0. The minimum atomic E-state index is -0.119. The molecule has 2 N–H and O–H groups in total. The lowest BCUT2D eigenvalue weighted by Gasteiger charge is -2.28. The lowest BCUT2D eigenvalue weighted by Crippen LogP contribution is -3.14. The molecule has 2 aromatic carbocycles. The van der Waals surface area contributed by atoms with E-state index in [0.29, 0.717) is 11.1 Å². The van der Waals surface area contributed by atoms with Gasteiger partial charge in [0.1, 0.15) is 25.7 Å². The van der Waals surface area contributed by atoms with Crippen LogP contribution in [0.25, 0.3) is 0 Å². The number of nitrogens with one attached hydrogen (secondary N) is 2. The number of amides is 1. The molecule has 0 unspecified atom stereocenters. The predicted octanol–water partition coefficient (Wildman–Crippen LogP) is 0.944. The van der Waals surface area contributed by atoms with Crippen LogP contribution in [-0.2, 0) is 4.74 Å². The van der Waals surface area contributed by atoms with Gasteiger partial charge in [-0.1, -0.05) is 30.3 Å². The first-order valence-corrected chi connectivity index (χ1v) is 8.53. The molecule has 128 valence electrons. The van der Waals surface area contributed by atoms with Gasteiger partial charge in [-0.2, -0.15) is 5.26 Å². The fourth-order valence-corrected chi connectivity index (χ4v) is 3.03. The maximum Gasteiger partial charge on any atom is 0.251 e. The Morgan fingerprint density at radius 3 is 2.44 bits per heavy atom. The number of morpholine rings is 1. The SMILES string of the molecule is N#Cc1ccc(C(=O)N[C@@H](C[NH+]2CCOCC2)c2ccccc2)cc1. The fourth-order valence-electron chi connectivity index (χ4n) is 3.03. The topological polar surface area (TPSA) is 66.6 Å². The van der Waals surface area contributed by atoms with Gasteiger partial charge in [-0.05, 0) is 29.8 Å². The number of carbonyl (C=O) groups is 1. The van der Waals surface area contributed by atoms with Crippen molar-refractivity contribution < 1.29 is 14.4 Å². The number of hydrogen-bond acceptors (Lipinski definition) is 3. The van der Waals surface area contributed by atoms with Gasteiger partial charge in [0.15, 0.2) is 0 Å². The molecule has 1 amide bonds. The molecule has 5 nitrogen and oxygen atoms in total. The van der Waals surface area contributed by atoms with Crippen LogP contribution in [0.1, 0.15) is 27.5 Å². The second-order valence-corrected chi connectivity index (χ2v) is 6.19. The van der Waals surface area contributed by atoms with Crippen LogP contribution in [0.2, 0.25) is 0 Å². The maximum absolute atomic E-state index is 12.6. The molecule has 2 aromatic rings. The molecule has 0 spiro atoms. The van der Waals surface area contributed by atoms with Gasteiger partial charge in [0.25, 0.3) is 5.91 Å². The van der Waals surface area contributed by atoms with Crippen LogP contribution in [0, 0.1) is 11.3 Å². The molecule has 1 aliphatic rings. The molecule has 1 saturated heterocycles. The summed E-state index contributed by atoms with van der Waals surface area (Å²) in [5.74, 6) is -0.119. The molecule has 1 heterocycles. The molecule has 1 atom stereocenters. The molecule has 0 aromatic heterocycles. The molecule has 25 heavy (non-hydrogen) atoms. The van der Waals surface area contributed by atoms with Gasteiger partial charge >= 0.3 is 0 Å². The zero-order valence-corrected chi connectivity index (χ0v) is 14.1. The summed E-state index contributed by atoms with van der Waals surface area (Å²) < 4.78 is 5.42. The monoisotopic (exact) mass is 336 g/mol. The normalized spacial score (nSPS) is 16.0. The number of rotatable bonds is 5. The van der Waals surface area contributed by atoms with Gasteiger partial charge in [0.05, 0.1) is 24.8 Å². The smallest absolute Gasteiger partial charge is 0.251 e. The van der Waals surface area contributed by atoms with E-state index in [1.165, 1.54) is 4.90 Å².